The molecular weight excluding hydrogens is 352 g/mol. The summed E-state index contributed by atoms with van der Waals surface area (Å²) in [7, 11) is 0. The third-order valence-electron chi connectivity index (χ3n) is 5.27. The first-order valence-electron chi connectivity index (χ1n) is 9.19. The summed E-state index contributed by atoms with van der Waals surface area (Å²) in [6.45, 7) is 1.83. The Balaban J connectivity index is 1.66. The van der Waals surface area contributed by atoms with Gasteiger partial charge in [0.15, 0.2) is 0 Å². The second-order valence-corrected chi connectivity index (χ2v) is 6.97. The van der Waals surface area contributed by atoms with Crippen molar-refractivity contribution in [2.24, 2.45) is 0 Å². The summed E-state index contributed by atoms with van der Waals surface area (Å²) in [4.78, 5) is 24.9. The maximum atomic E-state index is 13.3. The van der Waals surface area contributed by atoms with Gasteiger partial charge < -0.3 is 14.3 Å². The van der Waals surface area contributed by atoms with E-state index in [9.17, 15) is 9.59 Å². The van der Waals surface area contributed by atoms with E-state index < -0.39 is 17.3 Å². The third kappa shape index (κ3) is 2.97. The number of benzene rings is 3. The van der Waals surface area contributed by atoms with Crippen LogP contribution in [0, 0.1) is 0 Å². The lowest BCUT2D eigenvalue weighted by atomic mass is 9.74. The van der Waals surface area contributed by atoms with Crippen molar-refractivity contribution in [1.82, 2.24) is 0 Å². The van der Waals surface area contributed by atoms with Gasteiger partial charge in [0.2, 0.25) is 0 Å². The molecule has 1 atom stereocenters. The zero-order chi connectivity index (χ0) is 19.6. The first-order valence-corrected chi connectivity index (χ1v) is 9.19. The SMILES string of the molecule is CC1(C(=O)OCC(C=O)c2ccccc2)c2ccccc2Oc2ccccc21. The zero-order valence-electron chi connectivity index (χ0n) is 15.5. The first-order chi connectivity index (χ1) is 13.6. The topological polar surface area (TPSA) is 52.6 Å². The number of rotatable bonds is 5. The number of esters is 1. The van der Waals surface area contributed by atoms with Crippen LogP contribution in [0.15, 0.2) is 78.9 Å². The molecule has 4 nitrogen and oxygen atoms in total. The molecule has 1 aliphatic rings. The number of ether oxygens (including phenoxy) is 2. The van der Waals surface area contributed by atoms with Crippen LogP contribution < -0.4 is 4.74 Å². The van der Waals surface area contributed by atoms with E-state index in [1.807, 2.05) is 85.8 Å². The van der Waals surface area contributed by atoms with Crippen molar-refractivity contribution >= 4 is 12.3 Å². The molecule has 1 aliphatic heterocycles. The fourth-order valence-electron chi connectivity index (χ4n) is 3.64. The van der Waals surface area contributed by atoms with Crippen molar-refractivity contribution in [3.8, 4) is 11.5 Å². The first kappa shape index (κ1) is 18.0. The van der Waals surface area contributed by atoms with Gasteiger partial charge in [-0.25, -0.2) is 0 Å². The van der Waals surface area contributed by atoms with Crippen LogP contribution >= 0.6 is 0 Å². The minimum Gasteiger partial charge on any atom is -0.464 e. The van der Waals surface area contributed by atoms with Gasteiger partial charge >= 0.3 is 5.97 Å². The Morgan fingerprint density at radius 3 is 2.04 bits per heavy atom. The summed E-state index contributed by atoms with van der Waals surface area (Å²) < 4.78 is 11.7. The lowest BCUT2D eigenvalue weighted by Crippen LogP contribution is -2.38. The molecule has 0 aliphatic carbocycles. The number of fused-ring (bicyclic) bond motifs is 2. The smallest absolute Gasteiger partial charge is 0.321 e. The summed E-state index contributed by atoms with van der Waals surface area (Å²) in [5.74, 6) is 0.365. The fourth-order valence-corrected chi connectivity index (χ4v) is 3.64. The Kier molecular flexibility index (Phi) is 4.70. The number of carbonyl (C=O) groups excluding carboxylic acids is 2. The zero-order valence-corrected chi connectivity index (χ0v) is 15.5. The highest BCUT2D eigenvalue weighted by atomic mass is 16.5. The average Bonchev–Trinajstić information content (AvgIpc) is 2.75. The van der Waals surface area contributed by atoms with Gasteiger partial charge in [-0.3, -0.25) is 4.79 Å². The lowest BCUT2D eigenvalue weighted by Gasteiger charge is -2.35. The Morgan fingerprint density at radius 1 is 0.929 bits per heavy atom. The van der Waals surface area contributed by atoms with Crippen molar-refractivity contribution in [2.75, 3.05) is 6.61 Å². The highest BCUT2D eigenvalue weighted by Crippen LogP contribution is 2.48. The molecule has 0 spiro atoms. The van der Waals surface area contributed by atoms with Crippen molar-refractivity contribution in [3.63, 3.8) is 0 Å². The summed E-state index contributed by atoms with van der Waals surface area (Å²) >= 11 is 0. The second-order valence-electron chi connectivity index (χ2n) is 6.97. The van der Waals surface area contributed by atoms with Crippen LogP contribution in [0.4, 0.5) is 0 Å². The number of hydrogen-bond acceptors (Lipinski definition) is 4. The molecule has 0 radical (unpaired) electrons. The predicted octanol–water partition coefficient (Wildman–Crippen LogP) is 4.62. The summed E-state index contributed by atoms with van der Waals surface area (Å²) in [6.07, 6.45) is 0.816. The summed E-state index contributed by atoms with van der Waals surface area (Å²) in [5.41, 5.74) is 1.31. The third-order valence-corrected chi connectivity index (χ3v) is 5.27. The standard InChI is InChI=1S/C24H20O4/c1-24(23(26)27-16-18(15-25)17-9-3-2-4-10-17)19-11-5-7-13-21(19)28-22-14-8-6-12-20(22)24/h2-15,18H,16H2,1H3. The molecule has 4 heteroatoms. The molecule has 28 heavy (non-hydrogen) atoms. The van der Waals surface area contributed by atoms with E-state index in [-0.39, 0.29) is 6.61 Å². The van der Waals surface area contributed by atoms with Crippen LogP contribution in [0.25, 0.3) is 0 Å². The Morgan fingerprint density at radius 2 is 1.46 bits per heavy atom. The summed E-state index contributed by atoms with van der Waals surface area (Å²) in [5, 5.41) is 0. The average molecular weight is 372 g/mol. The van der Waals surface area contributed by atoms with Gasteiger partial charge in [0.05, 0.1) is 5.92 Å². The van der Waals surface area contributed by atoms with E-state index in [2.05, 4.69) is 0 Å². The molecule has 0 N–H and O–H groups in total. The van der Waals surface area contributed by atoms with Gasteiger partial charge in [0.25, 0.3) is 0 Å². The van der Waals surface area contributed by atoms with Gasteiger partial charge in [0, 0.05) is 11.1 Å². The van der Waals surface area contributed by atoms with Crippen molar-refractivity contribution < 1.29 is 19.1 Å². The van der Waals surface area contributed by atoms with Crippen molar-refractivity contribution in [3.05, 3.63) is 95.6 Å². The van der Waals surface area contributed by atoms with Crippen molar-refractivity contribution in [2.45, 2.75) is 18.3 Å². The molecule has 0 fully saturated rings. The minimum absolute atomic E-state index is 0.00682. The second kappa shape index (κ2) is 7.31. The molecule has 3 aromatic carbocycles. The number of aldehydes is 1. The van der Waals surface area contributed by atoms with Gasteiger partial charge in [0.1, 0.15) is 29.8 Å². The molecule has 0 amide bonds. The normalized spacial score (nSPS) is 14.8. The molecular formula is C24H20O4. The quantitative estimate of drug-likeness (QED) is 0.484. The molecule has 0 aromatic heterocycles. The maximum absolute atomic E-state index is 13.3. The molecule has 3 aromatic rings. The van der Waals surface area contributed by atoms with Crippen LogP contribution in [0.2, 0.25) is 0 Å². The molecule has 1 heterocycles. The van der Waals surface area contributed by atoms with E-state index in [4.69, 9.17) is 9.47 Å². The van der Waals surface area contributed by atoms with Crippen LogP contribution in [0.1, 0.15) is 29.5 Å². The van der Waals surface area contributed by atoms with Gasteiger partial charge in [-0.05, 0) is 24.6 Å². The highest BCUT2D eigenvalue weighted by Gasteiger charge is 2.45. The fraction of sp³-hybridized carbons (Fsp3) is 0.167. The van der Waals surface area contributed by atoms with Crippen LogP contribution in [0.5, 0.6) is 11.5 Å². The van der Waals surface area contributed by atoms with Gasteiger partial charge in [-0.1, -0.05) is 66.7 Å². The number of para-hydroxylation sites is 2. The molecule has 0 bridgehead atoms. The molecule has 0 saturated carbocycles. The lowest BCUT2D eigenvalue weighted by molar-refractivity contribution is -0.149. The van der Waals surface area contributed by atoms with Crippen LogP contribution in [0.3, 0.4) is 0 Å². The predicted molar refractivity (Wildman–Crippen MR) is 106 cm³/mol. The Hall–Kier alpha value is -3.40. The minimum atomic E-state index is -1.02. The van der Waals surface area contributed by atoms with Crippen LogP contribution in [-0.2, 0) is 19.7 Å². The Labute approximate surface area is 163 Å². The van der Waals surface area contributed by atoms with E-state index in [0.717, 1.165) is 23.0 Å². The number of hydrogen-bond donors (Lipinski definition) is 0. The Bertz CT molecular complexity index is 964. The molecule has 1 unspecified atom stereocenters. The largest absolute Gasteiger partial charge is 0.464 e. The van der Waals surface area contributed by atoms with Crippen molar-refractivity contribution in [1.29, 1.82) is 0 Å². The van der Waals surface area contributed by atoms with E-state index in [1.165, 1.54) is 0 Å². The maximum Gasteiger partial charge on any atom is 0.321 e. The monoisotopic (exact) mass is 372 g/mol. The highest BCUT2D eigenvalue weighted by molar-refractivity contribution is 5.90. The van der Waals surface area contributed by atoms with E-state index >= 15 is 0 Å². The molecule has 0 saturated heterocycles. The van der Waals surface area contributed by atoms with Gasteiger partial charge in [-0.15, -0.1) is 0 Å². The van der Waals surface area contributed by atoms with Gasteiger partial charge in [-0.2, -0.15) is 0 Å². The van der Waals surface area contributed by atoms with E-state index in [0.29, 0.717) is 11.5 Å². The van der Waals surface area contributed by atoms with Crippen LogP contribution in [-0.4, -0.2) is 18.9 Å². The number of carbonyl (C=O) groups is 2. The summed E-state index contributed by atoms with van der Waals surface area (Å²) in [6, 6.07) is 24.2. The molecule has 140 valence electrons. The van der Waals surface area contributed by atoms with E-state index in [1.54, 1.807) is 0 Å². The molecule has 4 rings (SSSR count).